The van der Waals surface area contributed by atoms with Crippen molar-refractivity contribution in [3.8, 4) is 0 Å². The molecule has 0 aromatic heterocycles. The average molecular weight is 172 g/mol. The van der Waals surface area contributed by atoms with Crippen LogP contribution in [0, 0.1) is 11.8 Å². The number of methoxy groups -OCH3 is 1. The van der Waals surface area contributed by atoms with E-state index in [0.29, 0.717) is 12.5 Å². The molecule has 0 amide bonds. The summed E-state index contributed by atoms with van der Waals surface area (Å²) >= 11 is 0. The van der Waals surface area contributed by atoms with E-state index >= 15 is 0 Å². The van der Waals surface area contributed by atoms with Crippen LogP contribution in [0.1, 0.15) is 20.3 Å². The first-order valence-electron chi connectivity index (χ1n) is 4.34. The quantitative estimate of drug-likeness (QED) is 0.598. The van der Waals surface area contributed by atoms with E-state index in [2.05, 4.69) is 4.74 Å². The van der Waals surface area contributed by atoms with Gasteiger partial charge in [0.15, 0.2) is 0 Å². The van der Waals surface area contributed by atoms with Crippen LogP contribution in [0.3, 0.4) is 0 Å². The molecule has 0 heterocycles. The molecule has 0 radical (unpaired) electrons. The van der Waals surface area contributed by atoms with Crippen molar-refractivity contribution in [2.45, 2.75) is 26.4 Å². The number of carbonyl (C=O) groups is 1. The molecule has 70 valence electrons. The molecule has 1 rings (SSSR count). The van der Waals surface area contributed by atoms with Crippen LogP contribution in [-0.4, -0.2) is 25.8 Å². The molecule has 0 saturated heterocycles. The average Bonchev–Trinajstić information content (AvgIpc) is 2.78. The summed E-state index contributed by atoms with van der Waals surface area (Å²) in [6, 6.07) is 0. The molecule has 0 aromatic carbocycles. The van der Waals surface area contributed by atoms with E-state index < -0.39 is 0 Å². The Bertz CT molecular complexity index is 165. The predicted molar refractivity (Wildman–Crippen MR) is 44.7 cm³/mol. The Labute approximate surface area is 73.0 Å². The van der Waals surface area contributed by atoms with E-state index in [-0.39, 0.29) is 18.0 Å². The Kier molecular flexibility index (Phi) is 3.09. The largest absolute Gasteiger partial charge is 0.469 e. The fraction of sp³-hybridized carbons (Fsp3) is 0.889. The Morgan fingerprint density at radius 1 is 1.58 bits per heavy atom. The maximum absolute atomic E-state index is 11.0. The molecule has 1 aliphatic rings. The molecule has 3 heteroatoms. The van der Waals surface area contributed by atoms with Crippen molar-refractivity contribution in [2.75, 3.05) is 13.7 Å². The van der Waals surface area contributed by atoms with Crippen molar-refractivity contribution in [2.24, 2.45) is 11.8 Å². The zero-order chi connectivity index (χ0) is 9.14. The van der Waals surface area contributed by atoms with E-state index in [9.17, 15) is 4.79 Å². The minimum atomic E-state index is -0.0904. The summed E-state index contributed by atoms with van der Waals surface area (Å²) in [6.45, 7) is 4.68. The standard InChI is InChI=1S/C9H16O3/c1-6(2)12-5-7-4-8(7)9(10)11-3/h6-8H,4-5H2,1-3H3/t7-,8+/m1/s1. The number of hydrogen-bond donors (Lipinski definition) is 0. The van der Waals surface area contributed by atoms with Gasteiger partial charge in [-0.1, -0.05) is 0 Å². The molecule has 12 heavy (non-hydrogen) atoms. The van der Waals surface area contributed by atoms with E-state index in [1.54, 1.807) is 0 Å². The first kappa shape index (κ1) is 9.52. The van der Waals surface area contributed by atoms with Crippen LogP contribution >= 0.6 is 0 Å². The fourth-order valence-corrected chi connectivity index (χ4v) is 1.19. The van der Waals surface area contributed by atoms with E-state index in [0.717, 1.165) is 6.42 Å². The van der Waals surface area contributed by atoms with Crippen molar-refractivity contribution < 1.29 is 14.3 Å². The Morgan fingerprint density at radius 2 is 2.25 bits per heavy atom. The van der Waals surface area contributed by atoms with Gasteiger partial charge in [0, 0.05) is 0 Å². The summed E-state index contributed by atoms with van der Waals surface area (Å²) in [5.74, 6) is 0.418. The Morgan fingerprint density at radius 3 is 2.75 bits per heavy atom. The van der Waals surface area contributed by atoms with Gasteiger partial charge >= 0.3 is 5.97 Å². The topological polar surface area (TPSA) is 35.5 Å². The lowest BCUT2D eigenvalue weighted by molar-refractivity contribution is -0.142. The van der Waals surface area contributed by atoms with Gasteiger partial charge in [0.05, 0.1) is 25.7 Å². The normalized spacial score (nSPS) is 27.3. The van der Waals surface area contributed by atoms with Gasteiger partial charge in [-0.2, -0.15) is 0 Å². The van der Waals surface area contributed by atoms with Crippen molar-refractivity contribution in [1.29, 1.82) is 0 Å². The van der Waals surface area contributed by atoms with Crippen LogP contribution in [0.5, 0.6) is 0 Å². The molecule has 2 atom stereocenters. The van der Waals surface area contributed by atoms with Gasteiger partial charge < -0.3 is 9.47 Å². The molecule has 1 aliphatic carbocycles. The number of rotatable bonds is 4. The number of esters is 1. The summed E-state index contributed by atoms with van der Waals surface area (Å²) in [6.07, 6.45) is 1.18. The Balaban J connectivity index is 2.12. The minimum Gasteiger partial charge on any atom is -0.469 e. The van der Waals surface area contributed by atoms with Crippen LogP contribution in [-0.2, 0) is 14.3 Å². The third kappa shape index (κ3) is 2.48. The highest BCUT2D eigenvalue weighted by molar-refractivity contribution is 5.75. The van der Waals surface area contributed by atoms with Crippen LogP contribution < -0.4 is 0 Å². The smallest absolute Gasteiger partial charge is 0.309 e. The Hall–Kier alpha value is -0.570. The summed E-state index contributed by atoms with van der Waals surface area (Å²) in [4.78, 5) is 11.0. The lowest BCUT2D eigenvalue weighted by atomic mass is 10.3. The van der Waals surface area contributed by atoms with Gasteiger partial charge in [-0.25, -0.2) is 0 Å². The van der Waals surface area contributed by atoms with E-state index in [1.165, 1.54) is 7.11 Å². The van der Waals surface area contributed by atoms with Crippen molar-refractivity contribution in [3.63, 3.8) is 0 Å². The zero-order valence-electron chi connectivity index (χ0n) is 7.87. The maximum atomic E-state index is 11.0. The SMILES string of the molecule is COC(=O)[C@H]1C[C@@H]1COC(C)C. The third-order valence-electron chi connectivity index (χ3n) is 2.07. The fourth-order valence-electron chi connectivity index (χ4n) is 1.19. The highest BCUT2D eigenvalue weighted by Crippen LogP contribution is 2.39. The highest BCUT2D eigenvalue weighted by Gasteiger charge is 2.43. The van der Waals surface area contributed by atoms with Gasteiger partial charge in [0.1, 0.15) is 0 Å². The van der Waals surface area contributed by atoms with E-state index in [1.807, 2.05) is 13.8 Å². The first-order valence-corrected chi connectivity index (χ1v) is 4.34. The van der Waals surface area contributed by atoms with Gasteiger partial charge in [-0.15, -0.1) is 0 Å². The summed E-state index contributed by atoms with van der Waals surface area (Å²) in [5, 5.41) is 0. The van der Waals surface area contributed by atoms with Crippen LogP contribution in [0.2, 0.25) is 0 Å². The second-order valence-corrected chi connectivity index (χ2v) is 3.51. The molecule has 0 N–H and O–H groups in total. The lowest BCUT2D eigenvalue weighted by Gasteiger charge is -2.05. The second kappa shape index (κ2) is 3.90. The summed E-state index contributed by atoms with van der Waals surface area (Å²) in [7, 11) is 1.43. The molecule has 0 bridgehead atoms. The highest BCUT2D eigenvalue weighted by atomic mass is 16.5. The molecule has 1 fully saturated rings. The third-order valence-corrected chi connectivity index (χ3v) is 2.07. The number of ether oxygens (including phenoxy) is 2. The van der Waals surface area contributed by atoms with Crippen molar-refractivity contribution >= 4 is 5.97 Å². The molecular weight excluding hydrogens is 156 g/mol. The predicted octanol–water partition coefficient (Wildman–Crippen LogP) is 1.22. The monoisotopic (exact) mass is 172 g/mol. The molecule has 0 spiro atoms. The zero-order valence-corrected chi connectivity index (χ0v) is 7.87. The van der Waals surface area contributed by atoms with Gasteiger partial charge in [0.2, 0.25) is 0 Å². The van der Waals surface area contributed by atoms with Crippen LogP contribution in [0.4, 0.5) is 0 Å². The molecule has 3 nitrogen and oxygen atoms in total. The summed E-state index contributed by atoms with van der Waals surface area (Å²) in [5.41, 5.74) is 0. The van der Waals surface area contributed by atoms with E-state index in [4.69, 9.17) is 4.74 Å². The lowest BCUT2D eigenvalue weighted by Crippen LogP contribution is -2.10. The molecular formula is C9H16O3. The maximum Gasteiger partial charge on any atom is 0.309 e. The van der Waals surface area contributed by atoms with Crippen molar-refractivity contribution in [1.82, 2.24) is 0 Å². The second-order valence-electron chi connectivity index (χ2n) is 3.51. The number of hydrogen-bond acceptors (Lipinski definition) is 3. The van der Waals surface area contributed by atoms with Crippen LogP contribution in [0.25, 0.3) is 0 Å². The molecule has 0 unspecified atom stereocenters. The van der Waals surface area contributed by atoms with Gasteiger partial charge in [0.25, 0.3) is 0 Å². The van der Waals surface area contributed by atoms with Crippen molar-refractivity contribution in [3.05, 3.63) is 0 Å². The van der Waals surface area contributed by atoms with Crippen LogP contribution in [0.15, 0.2) is 0 Å². The van der Waals surface area contributed by atoms with Gasteiger partial charge in [-0.05, 0) is 26.2 Å². The summed E-state index contributed by atoms with van der Waals surface area (Å²) < 4.78 is 10.00. The number of carbonyl (C=O) groups excluding carboxylic acids is 1. The molecule has 0 aliphatic heterocycles. The minimum absolute atomic E-state index is 0.0904. The van der Waals surface area contributed by atoms with Gasteiger partial charge in [-0.3, -0.25) is 4.79 Å². The first-order chi connectivity index (χ1) is 5.65. The molecule has 1 saturated carbocycles. The molecule has 0 aromatic rings.